The number of benzene rings is 2. The molecule has 2 saturated heterocycles. The van der Waals surface area contributed by atoms with E-state index < -0.39 is 28.7 Å². The number of aromatic nitrogens is 3. The molecule has 0 saturated carbocycles. The molecule has 41 heavy (non-hydrogen) atoms. The molecule has 5 heterocycles. The lowest BCUT2D eigenvalue weighted by molar-refractivity contribution is -0.147. The minimum atomic E-state index is -0.969. The van der Waals surface area contributed by atoms with Crippen molar-refractivity contribution in [3.8, 4) is 0 Å². The molecule has 0 radical (unpaired) electrons. The maximum atomic E-state index is 14.7. The second-order valence-corrected chi connectivity index (χ2v) is 12.5. The standard InChI is InChI=1S/C30H30N6O4S/c1-33-15-7-13-23-24(27(33)38)25-28(39)36(22(17-37)19-9-3-2-4-10-19)26-29(40)34(16-8-14-30(25,26)41-23)18-35-21-12-6-5-11-20(21)31-32-35/h2-14,22-26,37H,15-18H2,1H3/t22-,23+,24-,25+,26?,30+/m1/s1. The van der Waals surface area contributed by atoms with E-state index in [4.69, 9.17) is 0 Å². The zero-order valence-electron chi connectivity index (χ0n) is 22.5. The van der Waals surface area contributed by atoms with Gasteiger partial charge in [0.25, 0.3) is 0 Å². The minimum absolute atomic E-state index is 0.0976. The molecule has 1 unspecified atom stereocenters. The van der Waals surface area contributed by atoms with E-state index in [1.54, 1.807) is 26.4 Å². The van der Waals surface area contributed by atoms with Gasteiger partial charge in [0.15, 0.2) is 0 Å². The number of aliphatic hydroxyl groups is 1. The second kappa shape index (κ2) is 9.85. The summed E-state index contributed by atoms with van der Waals surface area (Å²) < 4.78 is 0.717. The number of fused-ring (bicyclic) bond motifs is 3. The van der Waals surface area contributed by atoms with Crippen molar-refractivity contribution < 1.29 is 19.5 Å². The highest BCUT2D eigenvalue weighted by Gasteiger charge is 2.71. The number of para-hydroxylation sites is 1. The van der Waals surface area contributed by atoms with Crippen LogP contribution in [0.15, 0.2) is 78.9 Å². The topological polar surface area (TPSA) is 112 Å². The zero-order valence-corrected chi connectivity index (χ0v) is 23.3. The van der Waals surface area contributed by atoms with E-state index in [9.17, 15) is 19.5 Å². The van der Waals surface area contributed by atoms with Crippen molar-refractivity contribution in [1.29, 1.82) is 0 Å². The number of carbonyl (C=O) groups is 3. The van der Waals surface area contributed by atoms with Gasteiger partial charge in [-0.3, -0.25) is 14.4 Å². The van der Waals surface area contributed by atoms with Crippen LogP contribution in [0.4, 0.5) is 0 Å². The molecule has 1 N–H and O–H groups in total. The van der Waals surface area contributed by atoms with E-state index in [2.05, 4.69) is 10.3 Å². The maximum absolute atomic E-state index is 14.7. The number of hydrogen-bond acceptors (Lipinski definition) is 7. The van der Waals surface area contributed by atoms with E-state index in [0.717, 1.165) is 16.6 Å². The lowest BCUT2D eigenvalue weighted by atomic mass is 9.78. The predicted molar refractivity (Wildman–Crippen MR) is 153 cm³/mol. The summed E-state index contributed by atoms with van der Waals surface area (Å²) in [5.74, 6) is -1.97. The molecule has 10 nitrogen and oxygen atoms in total. The zero-order chi connectivity index (χ0) is 28.3. The van der Waals surface area contributed by atoms with Crippen molar-refractivity contribution in [2.24, 2.45) is 11.8 Å². The summed E-state index contributed by atoms with van der Waals surface area (Å²) in [6.07, 6.45) is 7.90. The monoisotopic (exact) mass is 570 g/mol. The lowest BCUT2D eigenvalue weighted by Gasteiger charge is -2.38. The maximum Gasteiger partial charge on any atom is 0.248 e. The third kappa shape index (κ3) is 3.86. The largest absolute Gasteiger partial charge is 0.394 e. The minimum Gasteiger partial charge on any atom is -0.394 e. The van der Waals surface area contributed by atoms with Crippen molar-refractivity contribution in [2.75, 3.05) is 26.7 Å². The summed E-state index contributed by atoms with van der Waals surface area (Å²) in [6.45, 7) is 0.587. The summed E-state index contributed by atoms with van der Waals surface area (Å²) in [7, 11) is 1.75. The van der Waals surface area contributed by atoms with Gasteiger partial charge >= 0.3 is 0 Å². The average molecular weight is 571 g/mol. The summed E-state index contributed by atoms with van der Waals surface area (Å²) >= 11 is 1.53. The molecule has 7 rings (SSSR count). The van der Waals surface area contributed by atoms with Crippen molar-refractivity contribution in [3.05, 3.63) is 84.5 Å². The Morgan fingerprint density at radius 2 is 1.78 bits per heavy atom. The molecule has 6 atom stereocenters. The van der Waals surface area contributed by atoms with Gasteiger partial charge in [-0.25, -0.2) is 4.68 Å². The molecular weight excluding hydrogens is 540 g/mol. The van der Waals surface area contributed by atoms with Gasteiger partial charge in [0, 0.05) is 25.4 Å². The van der Waals surface area contributed by atoms with Crippen molar-refractivity contribution in [2.45, 2.75) is 28.7 Å². The molecule has 1 spiro atoms. The lowest BCUT2D eigenvalue weighted by Crippen LogP contribution is -2.54. The van der Waals surface area contributed by atoms with Gasteiger partial charge in [-0.15, -0.1) is 16.9 Å². The first-order chi connectivity index (χ1) is 19.9. The Hall–Kier alpha value is -3.96. The number of likely N-dealkylation sites (N-methyl/N-ethyl adjacent to an activating group) is 1. The van der Waals surface area contributed by atoms with Gasteiger partial charge in [0.05, 0.1) is 34.7 Å². The Morgan fingerprint density at radius 1 is 1.00 bits per heavy atom. The Kier molecular flexibility index (Phi) is 6.24. The Bertz CT molecular complexity index is 1590. The normalized spacial score (nSPS) is 29.9. The smallest absolute Gasteiger partial charge is 0.248 e. The summed E-state index contributed by atoms with van der Waals surface area (Å²) in [6, 6.07) is 15.2. The van der Waals surface area contributed by atoms with E-state index in [1.165, 1.54) is 11.8 Å². The number of likely N-dealkylation sites (tertiary alicyclic amines) is 1. The molecule has 3 amide bonds. The van der Waals surface area contributed by atoms with Crippen LogP contribution < -0.4 is 0 Å². The Balaban J connectivity index is 1.35. The summed E-state index contributed by atoms with van der Waals surface area (Å²) in [4.78, 5) is 47.8. The van der Waals surface area contributed by atoms with Crippen LogP contribution in [0.5, 0.6) is 0 Å². The molecule has 2 fully saturated rings. The van der Waals surface area contributed by atoms with Crippen LogP contribution >= 0.6 is 11.8 Å². The van der Waals surface area contributed by atoms with Crippen molar-refractivity contribution >= 4 is 40.5 Å². The number of hydrogen-bond donors (Lipinski definition) is 1. The molecule has 4 aliphatic rings. The van der Waals surface area contributed by atoms with Gasteiger partial charge in [0.2, 0.25) is 17.7 Å². The van der Waals surface area contributed by atoms with Gasteiger partial charge in [-0.2, -0.15) is 0 Å². The second-order valence-electron chi connectivity index (χ2n) is 11.0. The average Bonchev–Trinajstić information content (AvgIpc) is 3.55. The molecule has 4 aliphatic heterocycles. The number of thioether (sulfide) groups is 1. The Morgan fingerprint density at radius 3 is 2.59 bits per heavy atom. The predicted octanol–water partition coefficient (Wildman–Crippen LogP) is 1.85. The van der Waals surface area contributed by atoms with Crippen LogP contribution in [0.3, 0.4) is 0 Å². The first-order valence-corrected chi connectivity index (χ1v) is 14.6. The number of rotatable bonds is 5. The molecular formula is C30H30N6O4S. The highest BCUT2D eigenvalue weighted by Crippen LogP contribution is 2.62. The van der Waals surface area contributed by atoms with Gasteiger partial charge < -0.3 is 19.8 Å². The molecule has 0 aliphatic carbocycles. The van der Waals surface area contributed by atoms with Crippen molar-refractivity contribution in [3.63, 3.8) is 0 Å². The Labute approximate surface area is 241 Å². The third-order valence-electron chi connectivity index (χ3n) is 8.80. The third-order valence-corrected chi connectivity index (χ3v) is 10.5. The van der Waals surface area contributed by atoms with Crippen LogP contribution in [-0.4, -0.2) is 95.3 Å². The number of aliphatic hydroxyl groups excluding tert-OH is 1. The van der Waals surface area contributed by atoms with E-state index in [0.29, 0.717) is 13.1 Å². The van der Waals surface area contributed by atoms with Gasteiger partial charge in [-0.05, 0) is 17.7 Å². The van der Waals surface area contributed by atoms with Crippen LogP contribution in [0.25, 0.3) is 11.0 Å². The first kappa shape index (κ1) is 26.0. The molecule has 0 bridgehead atoms. The summed E-state index contributed by atoms with van der Waals surface area (Å²) in [5.41, 5.74) is 2.26. The molecule has 3 aromatic rings. The highest BCUT2D eigenvalue weighted by molar-refractivity contribution is 8.02. The summed E-state index contributed by atoms with van der Waals surface area (Å²) in [5, 5.41) is 19.0. The fourth-order valence-electron chi connectivity index (χ4n) is 6.93. The molecule has 11 heteroatoms. The van der Waals surface area contributed by atoms with Gasteiger partial charge in [0.1, 0.15) is 18.2 Å². The molecule has 210 valence electrons. The van der Waals surface area contributed by atoms with Crippen LogP contribution in [0, 0.1) is 11.8 Å². The number of carbonyl (C=O) groups excluding carboxylic acids is 3. The van der Waals surface area contributed by atoms with E-state index in [-0.39, 0.29) is 36.2 Å². The number of amides is 3. The molecule has 2 aromatic carbocycles. The van der Waals surface area contributed by atoms with Crippen LogP contribution in [0.2, 0.25) is 0 Å². The quantitative estimate of drug-likeness (QED) is 0.466. The molecule has 1 aromatic heterocycles. The highest BCUT2D eigenvalue weighted by atomic mass is 32.2. The van der Waals surface area contributed by atoms with Crippen molar-refractivity contribution in [1.82, 2.24) is 29.7 Å². The fraction of sp³-hybridized carbons (Fsp3) is 0.367. The SMILES string of the molecule is CN1CC=C[C@@H]2S[C@]34C=CCN(Cn5nnc6ccccc65)C(=O)C3N([C@H](CO)c3ccccc3)C(=O)[C@@H]4[C@@H]2C1=O. The van der Waals surface area contributed by atoms with E-state index >= 15 is 0 Å². The fourth-order valence-corrected chi connectivity index (χ4v) is 8.92. The first-order valence-electron chi connectivity index (χ1n) is 13.8. The van der Waals surface area contributed by atoms with E-state index in [1.807, 2.05) is 78.9 Å². The van der Waals surface area contributed by atoms with Crippen LogP contribution in [-0.2, 0) is 21.1 Å². The van der Waals surface area contributed by atoms with Crippen LogP contribution in [0.1, 0.15) is 11.6 Å². The number of nitrogens with zero attached hydrogens (tertiary/aromatic N) is 6. The van der Waals surface area contributed by atoms with Gasteiger partial charge in [-0.1, -0.05) is 72.0 Å².